The van der Waals surface area contributed by atoms with Crippen molar-refractivity contribution < 1.29 is 37.9 Å². The van der Waals surface area contributed by atoms with Gasteiger partial charge in [-0.15, -0.1) is 0 Å². The van der Waals surface area contributed by atoms with Crippen LogP contribution in [0.1, 0.15) is 36.1 Å². The highest BCUT2D eigenvalue weighted by atomic mass is 16.6. The molecular formula is C32H46O8. The van der Waals surface area contributed by atoms with Crippen molar-refractivity contribution in [3.63, 3.8) is 0 Å². The standard InChI is InChI=1S/C32H46O8/c1-21-11-27(12-22(2)31(21)35-9-7-33-15-25(5)37-17-29-19-39-29)28-13-23(3)32(24(4)14-28)36-10-8-34-16-26(6)38-18-30-20-40-30/h11-14,25-26,29-30H,7-10,15-20H2,1-6H3. The van der Waals surface area contributed by atoms with Crippen LogP contribution in [0.4, 0.5) is 0 Å². The van der Waals surface area contributed by atoms with E-state index in [1.807, 2.05) is 13.8 Å². The van der Waals surface area contributed by atoms with Crippen molar-refractivity contribution in [3.8, 4) is 22.6 Å². The molecule has 4 atom stereocenters. The van der Waals surface area contributed by atoms with E-state index in [9.17, 15) is 0 Å². The second kappa shape index (κ2) is 15.1. The van der Waals surface area contributed by atoms with Crippen LogP contribution in [0.3, 0.4) is 0 Å². The van der Waals surface area contributed by atoms with Gasteiger partial charge >= 0.3 is 0 Å². The third kappa shape index (κ3) is 10.0. The number of benzene rings is 2. The summed E-state index contributed by atoms with van der Waals surface area (Å²) < 4.78 is 45.3. The summed E-state index contributed by atoms with van der Waals surface area (Å²) in [6.07, 6.45) is 0.643. The van der Waals surface area contributed by atoms with Crippen LogP contribution in [0.25, 0.3) is 11.1 Å². The summed E-state index contributed by atoms with van der Waals surface area (Å²) >= 11 is 0. The molecule has 2 fully saturated rings. The minimum atomic E-state index is 0.0467. The molecule has 8 heteroatoms. The molecule has 0 saturated carbocycles. The molecule has 0 aromatic heterocycles. The summed E-state index contributed by atoms with van der Waals surface area (Å²) in [6.45, 7) is 18.4. The number of epoxide rings is 2. The van der Waals surface area contributed by atoms with E-state index in [1.54, 1.807) is 0 Å². The fourth-order valence-electron chi connectivity index (χ4n) is 4.56. The first-order chi connectivity index (χ1) is 19.3. The van der Waals surface area contributed by atoms with E-state index in [0.29, 0.717) is 52.9 Å². The van der Waals surface area contributed by atoms with Crippen molar-refractivity contribution >= 4 is 0 Å². The third-order valence-electron chi connectivity index (χ3n) is 6.85. The molecule has 0 radical (unpaired) electrons. The maximum absolute atomic E-state index is 6.09. The molecule has 4 rings (SSSR count). The molecular weight excluding hydrogens is 512 g/mol. The molecule has 4 unspecified atom stereocenters. The normalized spacial score (nSPS) is 19.4. The van der Waals surface area contributed by atoms with Gasteiger partial charge in [0.05, 0.1) is 65.1 Å². The van der Waals surface area contributed by atoms with E-state index in [4.69, 9.17) is 37.9 Å². The summed E-state index contributed by atoms with van der Waals surface area (Å²) in [4.78, 5) is 0. The van der Waals surface area contributed by atoms with Gasteiger partial charge in [-0.1, -0.05) is 0 Å². The molecule has 0 bridgehead atoms. The Balaban J connectivity index is 1.21. The van der Waals surface area contributed by atoms with Crippen LogP contribution >= 0.6 is 0 Å². The van der Waals surface area contributed by atoms with Gasteiger partial charge < -0.3 is 37.9 Å². The predicted octanol–water partition coefficient (Wildman–Crippen LogP) is 4.99. The molecule has 0 spiro atoms. The van der Waals surface area contributed by atoms with Gasteiger partial charge in [-0.25, -0.2) is 0 Å². The number of aryl methyl sites for hydroxylation is 4. The highest BCUT2D eigenvalue weighted by molar-refractivity contribution is 5.70. The molecule has 222 valence electrons. The number of hydrogen-bond acceptors (Lipinski definition) is 8. The zero-order valence-corrected chi connectivity index (χ0v) is 25.0. The molecule has 40 heavy (non-hydrogen) atoms. The van der Waals surface area contributed by atoms with Crippen molar-refractivity contribution in [1.29, 1.82) is 0 Å². The second-order valence-corrected chi connectivity index (χ2v) is 10.9. The molecule has 8 nitrogen and oxygen atoms in total. The van der Waals surface area contributed by atoms with Gasteiger partial charge in [-0.05, 0) is 99.2 Å². The van der Waals surface area contributed by atoms with E-state index in [1.165, 1.54) is 0 Å². The minimum Gasteiger partial charge on any atom is -0.491 e. The van der Waals surface area contributed by atoms with Gasteiger partial charge in [0.2, 0.25) is 0 Å². The Bertz CT molecular complexity index is 947. The Hall–Kier alpha value is -2.20. The Morgan fingerprint density at radius 1 is 0.625 bits per heavy atom. The highest BCUT2D eigenvalue weighted by Gasteiger charge is 2.24. The lowest BCUT2D eigenvalue weighted by molar-refractivity contribution is -0.0172. The summed E-state index contributed by atoms with van der Waals surface area (Å²) in [5, 5.41) is 0. The highest BCUT2D eigenvalue weighted by Crippen LogP contribution is 2.34. The largest absolute Gasteiger partial charge is 0.491 e. The van der Waals surface area contributed by atoms with Crippen molar-refractivity contribution in [1.82, 2.24) is 0 Å². The Kier molecular flexibility index (Phi) is 11.6. The first kappa shape index (κ1) is 30.8. The van der Waals surface area contributed by atoms with Gasteiger partial charge in [0.25, 0.3) is 0 Å². The maximum Gasteiger partial charge on any atom is 0.125 e. The number of rotatable bonds is 19. The van der Waals surface area contributed by atoms with Gasteiger partial charge in [-0.3, -0.25) is 0 Å². The lowest BCUT2D eigenvalue weighted by Gasteiger charge is -2.18. The smallest absolute Gasteiger partial charge is 0.125 e. The SMILES string of the molecule is Cc1cc(-c2cc(C)c(OCCOCC(C)OCC3CO3)c(C)c2)cc(C)c1OCCOCC(C)OCC1CO1. The second-order valence-electron chi connectivity index (χ2n) is 10.9. The molecule has 0 aliphatic carbocycles. The fraction of sp³-hybridized carbons (Fsp3) is 0.625. The number of ether oxygens (including phenoxy) is 8. The Labute approximate surface area is 239 Å². The first-order valence-electron chi connectivity index (χ1n) is 14.4. The van der Waals surface area contributed by atoms with Crippen LogP contribution < -0.4 is 9.47 Å². The quantitative estimate of drug-likeness (QED) is 0.176. The monoisotopic (exact) mass is 558 g/mol. The van der Waals surface area contributed by atoms with Crippen LogP contribution in [0.15, 0.2) is 24.3 Å². The van der Waals surface area contributed by atoms with E-state index in [-0.39, 0.29) is 24.4 Å². The average molecular weight is 559 g/mol. The summed E-state index contributed by atoms with van der Waals surface area (Å²) in [7, 11) is 0. The molecule has 2 heterocycles. The molecule has 0 amide bonds. The van der Waals surface area contributed by atoms with Crippen LogP contribution in [-0.4, -0.2) is 90.5 Å². The van der Waals surface area contributed by atoms with Crippen molar-refractivity contribution in [2.24, 2.45) is 0 Å². The summed E-state index contributed by atoms with van der Waals surface area (Å²) in [5.74, 6) is 1.83. The van der Waals surface area contributed by atoms with Crippen molar-refractivity contribution in [2.75, 3.05) is 66.1 Å². The van der Waals surface area contributed by atoms with Gasteiger partial charge in [0, 0.05) is 0 Å². The van der Waals surface area contributed by atoms with Crippen LogP contribution in [0.2, 0.25) is 0 Å². The molecule has 2 aromatic rings. The van der Waals surface area contributed by atoms with Crippen molar-refractivity contribution in [2.45, 2.75) is 66.0 Å². The zero-order chi connectivity index (χ0) is 28.5. The number of hydrogen-bond donors (Lipinski definition) is 0. The molecule has 2 aromatic carbocycles. The predicted molar refractivity (Wildman–Crippen MR) is 154 cm³/mol. The zero-order valence-electron chi connectivity index (χ0n) is 25.0. The van der Waals surface area contributed by atoms with Crippen molar-refractivity contribution in [3.05, 3.63) is 46.5 Å². The third-order valence-corrected chi connectivity index (χ3v) is 6.85. The first-order valence-corrected chi connectivity index (χ1v) is 14.4. The lowest BCUT2D eigenvalue weighted by Crippen LogP contribution is -2.20. The minimum absolute atomic E-state index is 0.0467. The van der Waals surface area contributed by atoms with E-state index >= 15 is 0 Å². The Morgan fingerprint density at radius 2 is 0.975 bits per heavy atom. The van der Waals surface area contributed by atoms with Gasteiger partial charge in [0.1, 0.15) is 36.9 Å². The lowest BCUT2D eigenvalue weighted by atomic mass is 9.96. The molecule has 2 aliphatic rings. The van der Waals surface area contributed by atoms with Crippen LogP contribution in [-0.2, 0) is 28.4 Å². The maximum atomic E-state index is 6.09. The Morgan fingerprint density at radius 3 is 1.30 bits per heavy atom. The van der Waals surface area contributed by atoms with E-state index in [0.717, 1.165) is 58.1 Å². The molecule has 0 N–H and O–H groups in total. The molecule has 2 aliphatic heterocycles. The van der Waals surface area contributed by atoms with Crippen LogP contribution in [0.5, 0.6) is 11.5 Å². The summed E-state index contributed by atoms with van der Waals surface area (Å²) in [6, 6.07) is 8.72. The van der Waals surface area contributed by atoms with Gasteiger partial charge in [-0.2, -0.15) is 0 Å². The van der Waals surface area contributed by atoms with Crippen LogP contribution in [0, 0.1) is 27.7 Å². The summed E-state index contributed by atoms with van der Waals surface area (Å²) in [5.41, 5.74) is 6.74. The van der Waals surface area contributed by atoms with E-state index < -0.39 is 0 Å². The molecule has 2 saturated heterocycles. The van der Waals surface area contributed by atoms with Gasteiger partial charge in [0.15, 0.2) is 0 Å². The van der Waals surface area contributed by atoms with E-state index in [2.05, 4.69) is 52.0 Å². The fourth-order valence-corrected chi connectivity index (χ4v) is 4.56. The topological polar surface area (TPSA) is 80.4 Å². The average Bonchev–Trinajstić information content (AvgIpc) is 3.84.